The fourth-order valence-electron chi connectivity index (χ4n) is 2.54. The zero-order chi connectivity index (χ0) is 13.5. The Bertz CT molecular complexity index is 406. The third-order valence-electron chi connectivity index (χ3n) is 4.00. The maximum atomic E-state index is 6.87. The van der Waals surface area contributed by atoms with Gasteiger partial charge in [0.2, 0.25) is 0 Å². The van der Waals surface area contributed by atoms with Crippen LogP contribution in [0.15, 0.2) is 6.07 Å². The van der Waals surface area contributed by atoms with E-state index < -0.39 is 0 Å². The lowest BCUT2D eigenvalue weighted by Crippen LogP contribution is -1.99. The summed E-state index contributed by atoms with van der Waals surface area (Å²) in [6.07, 6.45) is 13.8. The first-order valence-corrected chi connectivity index (χ1v) is 7.03. The Morgan fingerprint density at radius 3 is 2.00 bits per heavy atom. The van der Waals surface area contributed by atoms with Crippen LogP contribution >= 0.6 is 0 Å². The summed E-state index contributed by atoms with van der Waals surface area (Å²) in [5.41, 5.74) is 7.36. The Kier molecular flexibility index (Phi) is 5.99. The average Bonchev–Trinajstić information content (AvgIpc) is 2.35. The second-order valence-corrected chi connectivity index (χ2v) is 5.33. The lowest BCUT2D eigenvalue weighted by Gasteiger charge is -2.15. The van der Waals surface area contributed by atoms with Crippen LogP contribution in [0.1, 0.15) is 59.9 Å². The maximum Gasteiger partial charge on any atom is 0.00989 e. The van der Waals surface area contributed by atoms with E-state index >= 15 is 0 Å². The fraction of sp³-hybridized carbons (Fsp3) is 0.556. The molecule has 0 saturated heterocycles. The summed E-state index contributed by atoms with van der Waals surface area (Å²) in [4.78, 5) is 0. The molecule has 0 bridgehead atoms. The second kappa shape index (κ2) is 7.27. The van der Waals surface area contributed by atoms with E-state index in [0.717, 1.165) is 12.8 Å². The van der Waals surface area contributed by atoms with Gasteiger partial charge in [-0.15, -0.1) is 0 Å². The molecule has 0 aliphatic rings. The normalized spacial score (nSPS) is 10.4. The van der Waals surface area contributed by atoms with Crippen LogP contribution in [-0.4, -0.2) is 0 Å². The number of hydrogen-bond acceptors (Lipinski definition) is 0. The predicted molar refractivity (Wildman–Crippen MR) is 79.3 cm³/mol. The molecule has 0 N–H and O–H groups in total. The molecular formula is C18H25. The minimum atomic E-state index is 0.821. The average molecular weight is 241 g/mol. The molecule has 0 aliphatic carbocycles. The van der Waals surface area contributed by atoms with Gasteiger partial charge in [-0.05, 0) is 81.2 Å². The summed E-state index contributed by atoms with van der Waals surface area (Å²) in [6.45, 7) is 8.93. The standard InChI is InChI=1S/C18H25/c1-6-7-8-9-10-11-12-18-16(4)14(2)13-15(3)17(18)5/h13H,7-12H2,2-5H3. The van der Waals surface area contributed by atoms with Gasteiger partial charge in [0.25, 0.3) is 0 Å². The molecule has 1 radical (unpaired) electrons. The van der Waals surface area contributed by atoms with Gasteiger partial charge in [0.15, 0.2) is 0 Å². The van der Waals surface area contributed by atoms with Gasteiger partial charge in [0, 0.05) is 6.42 Å². The molecule has 0 heterocycles. The zero-order valence-corrected chi connectivity index (χ0v) is 12.3. The SMILES string of the molecule is [C]#CCCCCCCc1c(C)c(C)cc(C)c1C. The first-order valence-electron chi connectivity index (χ1n) is 7.03. The van der Waals surface area contributed by atoms with Gasteiger partial charge in [0.05, 0.1) is 0 Å². The number of hydrogen-bond donors (Lipinski definition) is 0. The van der Waals surface area contributed by atoms with Crippen LogP contribution in [0.3, 0.4) is 0 Å². The minimum Gasteiger partial charge on any atom is -0.0891 e. The third kappa shape index (κ3) is 3.91. The molecule has 0 amide bonds. The molecule has 0 spiro atoms. The van der Waals surface area contributed by atoms with Crippen LogP contribution in [0.5, 0.6) is 0 Å². The molecule has 0 heteroatoms. The number of aryl methyl sites for hydroxylation is 2. The molecule has 0 unspecified atom stereocenters. The van der Waals surface area contributed by atoms with Crippen LogP contribution in [-0.2, 0) is 6.42 Å². The first-order chi connectivity index (χ1) is 8.57. The maximum absolute atomic E-state index is 6.87. The summed E-state index contributed by atoms with van der Waals surface area (Å²) in [5.74, 6) is 2.46. The molecule has 18 heavy (non-hydrogen) atoms. The number of unbranched alkanes of at least 4 members (excludes halogenated alkanes) is 4. The lowest BCUT2D eigenvalue weighted by atomic mass is 9.91. The van der Waals surface area contributed by atoms with E-state index in [1.54, 1.807) is 5.56 Å². The Morgan fingerprint density at radius 1 is 0.889 bits per heavy atom. The van der Waals surface area contributed by atoms with Gasteiger partial charge >= 0.3 is 0 Å². The molecule has 0 aliphatic heterocycles. The molecule has 1 aromatic carbocycles. The highest BCUT2D eigenvalue weighted by Gasteiger charge is 2.07. The summed E-state index contributed by atoms with van der Waals surface area (Å²) < 4.78 is 0. The van der Waals surface area contributed by atoms with Crippen LogP contribution in [0.25, 0.3) is 0 Å². The zero-order valence-electron chi connectivity index (χ0n) is 12.3. The Morgan fingerprint density at radius 2 is 1.44 bits per heavy atom. The van der Waals surface area contributed by atoms with E-state index in [-0.39, 0.29) is 0 Å². The molecule has 1 aromatic rings. The van der Waals surface area contributed by atoms with Crippen molar-refractivity contribution in [3.63, 3.8) is 0 Å². The molecule has 1 rings (SSSR count). The Balaban J connectivity index is 2.55. The highest BCUT2D eigenvalue weighted by Crippen LogP contribution is 2.23. The van der Waals surface area contributed by atoms with Crippen molar-refractivity contribution in [2.75, 3.05) is 0 Å². The number of benzene rings is 1. The second-order valence-electron chi connectivity index (χ2n) is 5.33. The highest BCUT2D eigenvalue weighted by atomic mass is 14.1. The van der Waals surface area contributed by atoms with Crippen molar-refractivity contribution in [3.8, 4) is 5.92 Å². The predicted octanol–water partition coefficient (Wildman–Crippen LogP) is 5.00. The van der Waals surface area contributed by atoms with Crippen LogP contribution < -0.4 is 0 Å². The quantitative estimate of drug-likeness (QED) is 0.485. The van der Waals surface area contributed by atoms with Crippen molar-refractivity contribution in [2.45, 2.75) is 66.2 Å². The van der Waals surface area contributed by atoms with Crippen LogP contribution in [0, 0.1) is 40.0 Å². The molecule has 0 aromatic heterocycles. The number of rotatable bonds is 6. The molecule has 0 saturated carbocycles. The van der Waals surface area contributed by atoms with E-state index in [1.165, 1.54) is 47.9 Å². The Labute approximate surface area is 113 Å². The smallest absolute Gasteiger partial charge is 0.00989 e. The van der Waals surface area contributed by atoms with Crippen LogP contribution in [0.2, 0.25) is 0 Å². The monoisotopic (exact) mass is 241 g/mol. The van der Waals surface area contributed by atoms with Crippen molar-refractivity contribution < 1.29 is 0 Å². The minimum absolute atomic E-state index is 0.821. The van der Waals surface area contributed by atoms with E-state index in [2.05, 4.69) is 39.7 Å². The first kappa shape index (κ1) is 14.8. The topological polar surface area (TPSA) is 0 Å². The van der Waals surface area contributed by atoms with E-state index in [1.807, 2.05) is 0 Å². The van der Waals surface area contributed by atoms with Gasteiger partial charge in [-0.1, -0.05) is 24.8 Å². The van der Waals surface area contributed by atoms with Crippen molar-refractivity contribution in [1.29, 1.82) is 0 Å². The molecule has 0 atom stereocenters. The third-order valence-corrected chi connectivity index (χ3v) is 4.00. The van der Waals surface area contributed by atoms with Gasteiger partial charge in [-0.25, -0.2) is 0 Å². The van der Waals surface area contributed by atoms with Crippen molar-refractivity contribution >= 4 is 0 Å². The van der Waals surface area contributed by atoms with Gasteiger partial charge in [0.1, 0.15) is 0 Å². The Hall–Kier alpha value is -1.22. The lowest BCUT2D eigenvalue weighted by molar-refractivity contribution is 0.647. The van der Waals surface area contributed by atoms with Crippen molar-refractivity contribution in [3.05, 3.63) is 40.3 Å². The largest absolute Gasteiger partial charge is 0.0891 e. The van der Waals surface area contributed by atoms with E-state index in [4.69, 9.17) is 6.42 Å². The van der Waals surface area contributed by atoms with Gasteiger partial charge < -0.3 is 0 Å². The molecular weight excluding hydrogens is 216 g/mol. The van der Waals surface area contributed by atoms with Gasteiger partial charge in [-0.3, -0.25) is 0 Å². The molecule has 0 fully saturated rings. The highest BCUT2D eigenvalue weighted by molar-refractivity contribution is 5.43. The van der Waals surface area contributed by atoms with E-state index in [0.29, 0.717) is 0 Å². The van der Waals surface area contributed by atoms with Crippen LogP contribution in [0.4, 0.5) is 0 Å². The van der Waals surface area contributed by atoms with Crippen molar-refractivity contribution in [2.24, 2.45) is 0 Å². The molecule has 0 nitrogen and oxygen atoms in total. The fourth-order valence-corrected chi connectivity index (χ4v) is 2.54. The van der Waals surface area contributed by atoms with Crippen molar-refractivity contribution in [1.82, 2.24) is 0 Å². The summed E-state index contributed by atoms with van der Waals surface area (Å²) >= 11 is 0. The van der Waals surface area contributed by atoms with E-state index in [9.17, 15) is 0 Å². The summed E-state index contributed by atoms with van der Waals surface area (Å²) in [6, 6.07) is 2.30. The summed E-state index contributed by atoms with van der Waals surface area (Å²) in [7, 11) is 0. The summed E-state index contributed by atoms with van der Waals surface area (Å²) in [5, 5.41) is 0. The molecule has 97 valence electrons. The van der Waals surface area contributed by atoms with Gasteiger partial charge in [-0.2, -0.15) is 0 Å².